The molecule has 6 heteroatoms. The Kier molecular flexibility index (Phi) is 5.76. The molecule has 2 amide bonds. The molecule has 2 aromatic carbocycles. The number of hydrogen-bond acceptors (Lipinski definition) is 4. The minimum atomic E-state index is -0.282. The fraction of sp³-hybridized carbons (Fsp3) is 0.100. The van der Waals surface area contributed by atoms with Gasteiger partial charge in [-0.25, -0.2) is 0 Å². The zero-order chi connectivity index (χ0) is 18.4. The molecule has 2 N–H and O–H groups in total. The number of amides is 2. The number of hydrogen-bond donors (Lipinski definition) is 2. The molecule has 5 nitrogen and oxygen atoms in total. The zero-order valence-corrected chi connectivity index (χ0v) is 15.0. The molecule has 1 aromatic heterocycles. The molecule has 0 spiro atoms. The first-order valence-electron chi connectivity index (χ1n) is 8.03. The molecule has 0 fully saturated rings. The summed E-state index contributed by atoms with van der Waals surface area (Å²) in [5.74, 6) is 0.130. The first-order valence-corrected chi connectivity index (χ1v) is 9.25. The lowest BCUT2D eigenvalue weighted by Crippen LogP contribution is -2.24. The van der Waals surface area contributed by atoms with E-state index in [2.05, 4.69) is 10.6 Å². The molecule has 0 unspecified atom stereocenters. The van der Waals surface area contributed by atoms with E-state index in [4.69, 9.17) is 4.42 Å². The second-order valence-electron chi connectivity index (χ2n) is 5.46. The van der Waals surface area contributed by atoms with E-state index >= 15 is 0 Å². The number of para-hydroxylation sites is 1. The largest absolute Gasteiger partial charge is 0.467 e. The smallest absolute Gasteiger partial charge is 0.256 e. The lowest BCUT2D eigenvalue weighted by atomic mass is 10.1. The molecule has 3 aromatic rings. The lowest BCUT2D eigenvalue weighted by molar-refractivity contribution is 0.0949. The van der Waals surface area contributed by atoms with Gasteiger partial charge in [0.05, 0.1) is 29.6 Å². The highest BCUT2D eigenvalue weighted by Crippen LogP contribution is 2.22. The van der Waals surface area contributed by atoms with E-state index in [1.165, 1.54) is 11.8 Å². The third-order valence-corrected chi connectivity index (χ3v) is 4.57. The number of thioether (sulfide) groups is 1. The number of furan rings is 1. The maximum absolute atomic E-state index is 12.6. The van der Waals surface area contributed by atoms with Crippen molar-refractivity contribution in [1.82, 2.24) is 5.32 Å². The summed E-state index contributed by atoms with van der Waals surface area (Å²) in [6, 6.07) is 17.8. The maximum atomic E-state index is 12.6. The van der Waals surface area contributed by atoms with Crippen LogP contribution in [0.15, 0.2) is 76.2 Å². The van der Waals surface area contributed by atoms with E-state index in [0.29, 0.717) is 22.6 Å². The van der Waals surface area contributed by atoms with E-state index in [9.17, 15) is 9.59 Å². The number of rotatable bonds is 6. The van der Waals surface area contributed by atoms with Crippen molar-refractivity contribution in [1.29, 1.82) is 0 Å². The van der Waals surface area contributed by atoms with Crippen LogP contribution < -0.4 is 10.6 Å². The van der Waals surface area contributed by atoms with Gasteiger partial charge in [-0.2, -0.15) is 0 Å². The number of anilines is 1. The average Bonchev–Trinajstić information content (AvgIpc) is 3.20. The van der Waals surface area contributed by atoms with E-state index in [-0.39, 0.29) is 18.4 Å². The molecule has 0 aliphatic rings. The molecule has 0 radical (unpaired) electrons. The van der Waals surface area contributed by atoms with Gasteiger partial charge in [0, 0.05) is 4.90 Å². The third kappa shape index (κ3) is 4.15. The molecular weight excluding hydrogens is 348 g/mol. The summed E-state index contributed by atoms with van der Waals surface area (Å²) in [5, 5.41) is 5.63. The van der Waals surface area contributed by atoms with Crippen molar-refractivity contribution in [2.75, 3.05) is 11.6 Å². The first-order chi connectivity index (χ1) is 12.7. The van der Waals surface area contributed by atoms with Crippen molar-refractivity contribution < 1.29 is 14.0 Å². The van der Waals surface area contributed by atoms with Crippen molar-refractivity contribution in [3.63, 3.8) is 0 Å². The van der Waals surface area contributed by atoms with Crippen molar-refractivity contribution in [3.8, 4) is 0 Å². The van der Waals surface area contributed by atoms with E-state index < -0.39 is 0 Å². The Bertz CT molecular complexity index is 907. The third-order valence-electron chi connectivity index (χ3n) is 3.77. The standard InChI is InChI=1S/C20H18N2O3S/c1-26-18-11-5-3-9-16(18)20(24)22-17-10-4-2-8-15(17)19(23)21-13-14-7-6-12-25-14/h2-12H,13H2,1H3,(H,21,23)(H,22,24). The topological polar surface area (TPSA) is 71.3 Å². The summed E-state index contributed by atoms with van der Waals surface area (Å²) >= 11 is 1.50. The Morgan fingerprint density at radius 3 is 2.38 bits per heavy atom. The molecule has 0 aliphatic carbocycles. The van der Waals surface area contributed by atoms with Gasteiger partial charge in [-0.3, -0.25) is 9.59 Å². The van der Waals surface area contributed by atoms with Crippen LogP contribution in [0.4, 0.5) is 5.69 Å². The van der Waals surface area contributed by atoms with Gasteiger partial charge in [0.1, 0.15) is 5.76 Å². The van der Waals surface area contributed by atoms with Gasteiger partial charge in [0.25, 0.3) is 11.8 Å². The van der Waals surface area contributed by atoms with Gasteiger partial charge in [-0.1, -0.05) is 24.3 Å². The van der Waals surface area contributed by atoms with Crippen molar-refractivity contribution >= 4 is 29.3 Å². The van der Waals surface area contributed by atoms with Gasteiger partial charge >= 0.3 is 0 Å². The minimum absolute atomic E-state index is 0.249. The van der Waals surface area contributed by atoms with Gasteiger partial charge < -0.3 is 15.1 Å². The van der Waals surface area contributed by atoms with Crippen LogP contribution in [0, 0.1) is 0 Å². The molecule has 3 rings (SSSR count). The van der Waals surface area contributed by atoms with Crippen LogP contribution in [0.2, 0.25) is 0 Å². The van der Waals surface area contributed by atoms with Crippen molar-refractivity contribution in [3.05, 3.63) is 83.8 Å². The van der Waals surface area contributed by atoms with Crippen LogP contribution in [0.25, 0.3) is 0 Å². The Morgan fingerprint density at radius 2 is 1.65 bits per heavy atom. The molecule has 1 heterocycles. The molecule has 132 valence electrons. The van der Waals surface area contributed by atoms with Gasteiger partial charge in [-0.05, 0) is 42.7 Å². The van der Waals surface area contributed by atoms with E-state index in [1.54, 1.807) is 48.7 Å². The normalized spacial score (nSPS) is 10.3. The van der Waals surface area contributed by atoms with Crippen molar-refractivity contribution in [2.45, 2.75) is 11.4 Å². The predicted octanol–water partition coefficient (Wildman–Crippen LogP) is 4.18. The fourth-order valence-electron chi connectivity index (χ4n) is 2.49. The highest BCUT2D eigenvalue weighted by Gasteiger charge is 2.16. The SMILES string of the molecule is CSc1ccccc1C(=O)Nc1ccccc1C(=O)NCc1ccco1. The average molecular weight is 366 g/mol. The van der Waals surface area contributed by atoms with Crippen molar-refractivity contribution in [2.24, 2.45) is 0 Å². The molecule has 0 bridgehead atoms. The first kappa shape index (κ1) is 17.8. The quantitative estimate of drug-likeness (QED) is 0.642. The summed E-state index contributed by atoms with van der Waals surface area (Å²) < 4.78 is 5.21. The number of nitrogens with one attached hydrogen (secondary N) is 2. The monoisotopic (exact) mass is 366 g/mol. The summed E-state index contributed by atoms with van der Waals surface area (Å²) in [4.78, 5) is 26.0. The van der Waals surface area contributed by atoms with Gasteiger partial charge in [-0.15, -0.1) is 11.8 Å². The molecule has 0 saturated carbocycles. The van der Waals surface area contributed by atoms with E-state index in [0.717, 1.165) is 4.90 Å². The summed E-state index contributed by atoms with van der Waals surface area (Å²) in [7, 11) is 0. The molecule has 26 heavy (non-hydrogen) atoms. The number of carbonyl (C=O) groups excluding carboxylic acids is 2. The summed E-state index contributed by atoms with van der Waals surface area (Å²) in [6.07, 6.45) is 3.47. The molecular formula is C20H18N2O3S. The van der Waals surface area contributed by atoms with Crippen LogP contribution in [0.3, 0.4) is 0 Å². The number of benzene rings is 2. The van der Waals surface area contributed by atoms with E-state index in [1.807, 2.05) is 24.5 Å². The molecule has 0 atom stereocenters. The molecule has 0 saturated heterocycles. The lowest BCUT2D eigenvalue weighted by Gasteiger charge is -2.12. The maximum Gasteiger partial charge on any atom is 0.256 e. The Hall–Kier alpha value is -2.99. The van der Waals surface area contributed by atoms with Gasteiger partial charge in [0.2, 0.25) is 0 Å². The number of carbonyl (C=O) groups is 2. The Labute approximate surface area is 155 Å². The zero-order valence-electron chi connectivity index (χ0n) is 14.2. The van der Waals surface area contributed by atoms with Crippen LogP contribution in [0.5, 0.6) is 0 Å². The minimum Gasteiger partial charge on any atom is -0.467 e. The summed E-state index contributed by atoms with van der Waals surface area (Å²) in [5.41, 5.74) is 1.44. The Balaban J connectivity index is 1.76. The Morgan fingerprint density at radius 1 is 0.923 bits per heavy atom. The second-order valence-corrected chi connectivity index (χ2v) is 6.31. The van der Waals surface area contributed by atoms with Crippen LogP contribution in [-0.2, 0) is 6.54 Å². The predicted molar refractivity (Wildman–Crippen MR) is 102 cm³/mol. The van der Waals surface area contributed by atoms with Crippen LogP contribution in [0.1, 0.15) is 26.5 Å². The fourth-order valence-corrected chi connectivity index (χ4v) is 3.08. The second kappa shape index (κ2) is 8.40. The highest BCUT2D eigenvalue weighted by molar-refractivity contribution is 7.98. The van der Waals surface area contributed by atoms with Gasteiger partial charge in [0.15, 0.2) is 0 Å². The van der Waals surface area contributed by atoms with Crippen LogP contribution in [-0.4, -0.2) is 18.1 Å². The highest BCUT2D eigenvalue weighted by atomic mass is 32.2. The van der Waals surface area contributed by atoms with Crippen LogP contribution >= 0.6 is 11.8 Å². The molecule has 0 aliphatic heterocycles. The summed E-state index contributed by atoms with van der Waals surface area (Å²) in [6.45, 7) is 0.281.